The van der Waals surface area contributed by atoms with Crippen LogP contribution in [0.3, 0.4) is 0 Å². The average Bonchev–Trinajstić information content (AvgIpc) is 2.73. The van der Waals surface area contributed by atoms with Crippen LogP contribution in [0, 0.1) is 6.92 Å². The predicted molar refractivity (Wildman–Crippen MR) is 58.5 cm³/mol. The number of aliphatic hydroxyl groups excluding tert-OH is 1. The number of rotatable bonds is 2. The first-order valence-corrected chi connectivity index (χ1v) is 5.41. The molecule has 14 heavy (non-hydrogen) atoms. The summed E-state index contributed by atoms with van der Waals surface area (Å²) in [5.41, 5.74) is 2.10. The predicted octanol–water partition coefficient (Wildman–Crippen LogP) is 2.48. The summed E-state index contributed by atoms with van der Waals surface area (Å²) in [6, 6.07) is 5.93. The van der Waals surface area contributed by atoms with Crippen LogP contribution in [-0.4, -0.2) is 9.67 Å². The Labute approximate surface area is 87.4 Å². The molecule has 74 valence electrons. The van der Waals surface area contributed by atoms with Crippen LogP contribution in [0.5, 0.6) is 0 Å². The Balaban J connectivity index is 2.38. The first kappa shape index (κ1) is 9.49. The number of aryl methyl sites for hydroxylation is 2. The molecule has 0 bridgehead atoms. The maximum absolute atomic E-state index is 10.1. The molecule has 0 radical (unpaired) electrons. The van der Waals surface area contributed by atoms with Gasteiger partial charge in [-0.2, -0.15) is 0 Å². The summed E-state index contributed by atoms with van der Waals surface area (Å²) in [6.45, 7) is 2.03. The highest BCUT2D eigenvalue weighted by atomic mass is 32.1. The van der Waals surface area contributed by atoms with Crippen LogP contribution in [-0.2, 0) is 7.05 Å². The van der Waals surface area contributed by atoms with Crippen molar-refractivity contribution in [1.82, 2.24) is 4.57 Å². The third-order valence-electron chi connectivity index (χ3n) is 2.41. The second-order valence-corrected chi connectivity index (χ2v) is 4.36. The van der Waals surface area contributed by atoms with Crippen LogP contribution in [0.2, 0.25) is 0 Å². The van der Waals surface area contributed by atoms with Gasteiger partial charge in [0.05, 0.1) is 5.69 Å². The summed E-state index contributed by atoms with van der Waals surface area (Å²) in [4.78, 5) is 1.03. The van der Waals surface area contributed by atoms with Gasteiger partial charge in [-0.25, -0.2) is 0 Å². The van der Waals surface area contributed by atoms with Crippen molar-refractivity contribution >= 4 is 11.3 Å². The van der Waals surface area contributed by atoms with Gasteiger partial charge < -0.3 is 9.67 Å². The van der Waals surface area contributed by atoms with E-state index in [1.165, 1.54) is 0 Å². The molecule has 0 amide bonds. The Morgan fingerprint density at radius 3 is 2.71 bits per heavy atom. The molecule has 0 spiro atoms. The van der Waals surface area contributed by atoms with Gasteiger partial charge in [-0.3, -0.25) is 0 Å². The highest BCUT2D eigenvalue weighted by molar-refractivity contribution is 7.10. The Morgan fingerprint density at radius 1 is 1.43 bits per heavy atom. The minimum absolute atomic E-state index is 0.491. The molecule has 1 atom stereocenters. The molecular formula is C11H13NOS. The SMILES string of the molecule is Cc1ccsc1C(O)c1cccn1C. The lowest BCUT2D eigenvalue weighted by Crippen LogP contribution is -2.04. The van der Waals surface area contributed by atoms with Crippen LogP contribution in [0.4, 0.5) is 0 Å². The smallest absolute Gasteiger partial charge is 0.128 e. The number of hydrogen-bond acceptors (Lipinski definition) is 2. The van der Waals surface area contributed by atoms with Crippen LogP contribution in [0.15, 0.2) is 29.8 Å². The second kappa shape index (κ2) is 3.59. The van der Waals surface area contributed by atoms with E-state index in [0.29, 0.717) is 0 Å². The topological polar surface area (TPSA) is 25.2 Å². The molecule has 0 saturated heterocycles. The molecule has 2 aromatic heterocycles. The molecular weight excluding hydrogens is 194 g/mol. The van der Waals surface area contributed by atoms with Gasteiger partial charge in [0.15, 0.2) is 0 Å². The van der Waals surface area contributed by atoms with Gasteiger partial charge in [0, 0.05) is 18.1 Å². The zero-order chi connectivity index (χ0) is 10.1. The largest absolute Gasteiger partial charge is 0.381 e. The lowest BCUT2D eigenvalue weighted by Gasteiger charge is -2.11. The number of aliphatic hydroxyl groups is 1. The molecule has 0 aliphatic rings. The van der Waals surface area contributed by atoms with Crippen LogP contribution >= 0.6 is 11.3 Å². The number of thiophene rings is 1. The van der Waals surface area contributed by atoms with Gasteiger partial charge in [0.25, 0.3) is 0 Å². The standard InChI is InChI=1S/C11H13NOS/c1-8-5-7-14-11(8)10(13)9-4-3-6-12(9)2/h3-7,10,13H,1-2H3. The van der Waals surface area contributed by atoms with E-state index in [1.54, 1.807) is 11.3 Å². The van der Waals surface area contributed by atoms with Crippen LogP contribution in [0.1, 0.15) is 22.2 Å². The Bertz CT molecular complexity index is 390. The summed E-state index contributed by atoms with van der Waals surface area (Å²) < 4.78 is 1.95. The molecule has 2 aromatic rings. The quantitative estimate of drug-likeness (QED) is 0.804. The molecule has 1 N–H and O–H groups in total. The zero-order valence-electron chi connectivity index (χ0n) is 8.27. The van der Waals surface area contributed by atoms with Crippen molar-refractivity contribution in [3.05, 3.63) is 45.9 Å². The van der Waals surface area contributed by atoms with E-state index in [1.807, 2.05) is 48.3 Å². The number of nitrogens with zero attached hydrogens (tertiary/aromatic N) is 1. The fraction of sp³-hybridized carbons (Fsp3) is 0.273. The molecule has 0 aliphatic carbocycles. The molecule has 0 aliphatic heterocycles. The van der Waals surface area contributed by atoms with Crippen LogP contribution < -0.4 is 0 Å². The molecule has 3 heteroatoms. The highest BCUT2D eigenvalue weighted by Crippen LogP contribution is 2.28. The molecule has 0 fully saturated rings. The fourth-order valence-corrected chi connectivity index (χ4v) is 2.48. The maximum atomic E-state index is 10.1. The lowest BCUT2D eigenvalue weighted by atomic mass is 10.1. The van der Waals surface area contributed by atoms with E-state index < -0.39 is 6.10 Å². The zero-order valence-corrected chi connectivity index (χ0v) is 9.08. The van der Waals surface area contributed by atoms with Gasteiger partial charge in [-0.15, -0.1) is 11.3 Å². The van der Waals surface area contributed by atoms with Gasteiger partial charge in [-0.05, 0) is 36.1 Å². The van der Waals surface area contributed by atoms with Gasteiger partial charge in [0.1, 0.15) is 6.10 Å². The van der Waals surface area contributed by atoms with Crippen molar-refractivity contribution in [1.29, 1.82) is 0 Å². The van der Waals surface area contributed by atoms with Crippen LogP contribution in [0.25, 0.3) is 0 Å². The van der Waals surface area contributed by atoms with E-state index in [2.05, 4.69) is 0 Å². The van der Waals surface area contributed by atoms with E-state index in [0.717, 1.165) is 16.1 Å². The minimum Gasteiger partial charge on any atom is -0.381 e. The summed E-state index contributed by atoms with van der Waals surface area (Å²) >= 11 is 1.60. The Kier molecular flexibility index (Phi) is 2.44. The third-order valence-corrected chi connectivity index (χ3v) is 3.49. The summed E-state index contributed by atoms with van der Waals surface area (Å²) in [5.74, 6) is 0. The molecule has 0 saturated carbocycles. The van der Waals surface area contributed by atoms with Gasteiger partial charge in [0.2, 0.25) is 0 Å². The number of aromatic nitrogens is 1. The monoisotopic (exact) mass is 207 g/mol. The normalized spacial score (nSPS) is 13.1. The van der Waals surface area contributed by atoms with Gasteiger partial charge >= 0.3 is 0 Å². The summed E-state index contributed by atoms with van der Waals surface area (Å²) in [6.07, 6.45) is 1.46. The van der Waals surface area contributed by atoms with Crippen molar-refractivity contribution in [3.8, 4) is 0 Å². The number of hydrogen-bond donors (Lipinski definition) is 1. The van der Waals surface area contributed by atoms with Crippen molar-refractivity contribution < 1.29 is 5.11 Å². The third kappa shape index (κ3) is 1.49. The minimum atomic E-state index is -0.491. The Hall–Kier alpha value is -1.06. The van der Waals surface area contributed by atoms with Crippen molar-refractivity contribution in [2.24, 2.45) is 7.05 Å². The average molecular weight is 207 g/mol. The first-order valence-electron chi connectivity index (χ1n) is 4.53. The highest BCUT2D eigenvalue weighted by Gasteiger charge is 2.15. The molecule has 0 aromatic carbocycles. The molecule has 2 rings (SSSR count). The first-order chi connectivity index (χ1) is 6.70. The van der Waals surface area contributed by atoms with E-state index in [-0.39, 0.29) is 0 Å². The van der Waals surface area contributed by atoms with E-state index >= 15 is 0 Å². The second-order valence-electron chi connectivity index (χ2n) is 3.41. The molecule has 2 nitrogen and oxygen atoms in total. The van der Waals surface area contributed by atoms with Crippen molar-refractivity contribution in [2.45, 2.75) is 13.0 Å². The van der Waals surface area contributed by atoms with Crippen molar-refractivity contribution in [2.75, 3.05) is 0 Å². The van der Waals surface area contributed by atoms with E-state index in [9.17, 15) is 5.11 Å². The van der Waals surface area contributed by atoms with Crippen molar-refractivity contribution in [3.63, 3.8) is 0 Å². The van der Waals surface area contributed by atoms with E-state index in [4.69, 9.17) is 0 Å². The maximum Gasteiger partial charge on any atom is 0.128 e. The molecule has 2 heterocycles. The summed E-state index contributed by atoms with van der Waals surface area (Å²) in [7, 11) is 1.95. The fourth-order valence-electron chi connectivity index (χ4n) is 1.56. The summed E-state index contributed by atoms with van der Waals surface area (Å²) in [5, 5.41) is 12.1. The Morgan fingerprint density at radius 2 is 2.21 bits per heavy atom. The molecule has 1 unspecified atom stereocenters. The van der Waals surface area contributed by atoms with Gasteiger partial charge in [-0.1, -0.05) is 0 Å². The lowest BCUT2D eigenvalue weighted by molar-refractivity contribution is 0.214.